The van der Waals surface area contributed by atoms with E-state index in [1.807, 2.05) is 14.0 Å². The van der Waals surface area contributed by atoms with Crippen LogP contribution in [0.25, 0.3) is 0 Å². The smallest absolute Gasteiger partial charge is 0.242 e. The molecule has 1 aliphatic carbocycles. The second kappa shape index (κ2) is 5.44. The summed E-state index contributed by atoms with van der Waals surface area (Å²) in [5, 5.41) is 0. The lowest BCUT2D eigenvalue weighted by Gasteiger charge is -2.24. The van der Waals surface area contributed by atoms with Gasteiger partial charge in [-0.3, -0.25) is 4.90 Å². The molecule has 1 fully saturated rings. The quantitative estimate of drug-likeness (QED) is 0.790. The fraction of sp³-hybridized carbons (Fsp3) is 0.583. The van der Waals surface area contributed by atoms with Crippen molar-refractivity contribution in [1.82, 2.24) is 14.6 Å². The van der Waals surface area contributed by atoms with Crippen LogP contribution in [0.3, 0.4) is 0 Å². The third-order valence-electron chi connectivity index (χ3n) is 3.46. The highest BCUT2D eigenvalue weighted by molar-refractivity contribution is 7.89. The van der Waals surface area contributed by atoms with Gasteiger partial charge in [-0.2, -0.15) is 0 Å². The van der Waals surface area contributed by atoms with Gasteiger partial charge in [0.1, 0.15) is 10.7 Å². The molecule has 1 unspecified atom stereocenters. The van der Waals surface area contributed by atoms with Crippen molar-refractivity contribution in [3.8, 4) is 0 Å². The zero-order valence-corrected chi connectivity index (χ0v) is 12.0. The van der Waals surface area contributed by atoms with E-state index in [0.29, 0.717) is 18.4 Å². The van der Waals surface area contributed by atoms with Gasteiger partial charge in [-0.1, -0.05) is 0 Å². The largest absolute Gasteiger partial charge is 0.384 e. The predicted molar refractivity (Wildman–Crippen MR) is 74.1 cm³/mol. The number of rotatable bonds is 6. The van der Waals surface area contributed by atoms with Crippen molar-refractivity contribution in [3.63, 3.8) is 0 Å². The van der Waals surface area contributed by atoms with Crippen molar-refractivity contribution >= 4 is 15.8 Å². The normalized spacial score (nSPS) is 17.6. The van der Waals surface area contributed by atoms with E-state index in [4.69, 9.17) is 5.73 Å². The van der Waals surface area contributed by atoms with Gasteiger partial charge in [-0.25, -0.2) is 18.1 Å². The van der Waals surface area contributed by atoms with Crippen molar-refractivity contribution in [2.75, 3.05) is 19.3 Å². The molecule has 3 N–H and O–H groups in total. The van der Waals surface area contributed by atoms with Crippen LogP contribution in [0, 0.1) is 0 Å². The third kappa shape index (κ3) is 3.65. The van der Waals surface area contributed by atoms with Crippen molar-refractivity contribution in [2.45, 2.75) is 36.7 Å². The van der Waals surface area contributed by atoms with E-state index in [-0.39, 0.29) is 10.9 Å². The molecule has 0 spiro atoms. The summed E-state index contributed by atoms with van der Waals surface area (Å²) in [6.45, 7) is 2.40. The molecular weight excluding hydrogens is 264 g/mol. The molecule has 106 valence electrons. The third-order valence-corrected chi connectivity index (χ3v) is 4.87. The van der Waals surface area contributed by atoms with Gasteiger partial charge in [0.05, 0.1) is 0 Å². The Labute approximate surface area is 114 Å². The average Bonchev–Trinajstić information content (AvgIpc) is 3.20. The molecule has 1 aliphatic rings. The summed E-state index contributed by atoms with van der Waals surface area (Å²) in [6, 6.07) is 3.72. The van der Waals surface area contributed by atoms with Crippen LogP contribution >= 0.6 is 0 Å². The summed E-state index contributed by atoms with van der Waals surface area (Å²) in [7, 11) is -1.48. The van der Waals surface area contributed by atoms with Crippen LogP contribution in [0.1, 0.15) is 19.8 Å². The highest BCUT2D eigenvalue weighted by Gasteiger charge is 2.29. The van der Waals surface area contributed by atoms with Gasteiger partial charge in [0, 0.05) is 24.8 Å². The Balaban J connectivity index is 1.95. The maximum absolute atomic E-state index is 12.0. The molecule has 0 bridgehead atoms. The number of aromatic nitrogens is 1. The highest BCUT2D eigenvalue weighted by Crippen LogP contribution is 2.26. The molecule has 0 saturated heterocycles. The van der Waals surface area contributed by atoms with Crippen molar-refractivity contribution in [3.05, 3.63) is 18.3 Å². The Morgan fingerprint density at radius 2 is 2.21 bits per heavy atom. The summed E-state index contributed by atoms with van der Waals surface area (Å²) in [4.78, 5) is 6.15. The molecule has 7 heteroatoms. The number of likely N-dealkylation sites (N-methyl/N-ethyl adjacent to an activating group) is 1. The zero-order chi connectivity index (χ0) is 14.0. The molecule has 0 aliphatic heterocycles. The van der Waals surface area contributed by atoms with Crippen LogP contribution < -0.4 is 10.5 Å². The molecule has 6 nitrogen and oxygen atoms in total. The highest BCUT2D eigenvalue weighted by atomic mass is 32.2. The van der Waals surface area contributed by atoms with Gasteiger partial charge in [0.15, 0.2) is 0 Å². The number of hydrogen-bond donors (Lipinski definition) is 2. The van der Waals surface area contributed by atoms with E-state index >= 15 is 0 Å². The molecule has 1 atom stereocenters. The Bertz CT molecular complexity index is 525. The van der Waals surface area contributed by atoms with E-state index in [2.05, 4.69) is 14.6 Å². The number of nitrogens with zero attached hydrogens (tertiary/aromatic N) is 2. The first kappa shape index (κ1) is 14.2. The van der Waals surface area contributed by atoms with Gasteiger partial charge >= 0.3 is 0 Å². The summed E-state index contributed by atoms with van der Waals surface area (Å²) >= 11 is 0. The minimum Gasteiger partial charge on any atom is -0.384 e. The molecule has 2 rings (SSSR count). The van der Waals surface area contributed by atoms with Crippen LogP contribution in [0.4, 0.5) is 5.82 Å². The number of nitrogens with one attached hydrogen (secondary N) is 1. The van der Waals surface area contributed by atoms with E-state index in [0.717, 1.165) is 0 Å². The molecule has 1 aromatic heterocycles. The van der Waals surface area contributed by atoms with E-state index in [9.17, 15) is 8.42 Å². The molecule has 1 heterocycles. The standard InChI is InChI=1S/C12H20N4O2S/c1-9(16(2)10-3-4-10)7-15-19(17,18)11-5-6-12(13)14-8-11/h5-6,8-10,15H,3-4,7H2,1-2H3,(H2,13,14). The Hall–Kier alpha value is -1.18. The lowest BCUT2D eigenvalue weighted by Crippen LogP contribution is -2.41. The lowest BCUT2D eigenvalue weighted by molar-refractivity contribution is 0.248. The van der Waals surface area contributed by atoms with Gasteiger partial charge in [-0.05, 0) is 38.9 Å². The summed E-state index contributed by atoms with van der Waals surface area (Å²) in [5.41, 5.74) is 5.44. The van der Waals surface area contributed by atoms with E-state index < -0.39 is 10.0 Å². The average molecular weight is 284 g/mol. The number of nitrogen functional groups attached to an aromatic ring is 1. The van der Waals surface area contributed by atoms with Crippen LogP contribution in [0.2, 0.25) is 0 Å². The lowest BCUT2D eigenvalue weighted by atomic mass is 10.3. The number of hydrogen-bond acceptors (Lipinski definition) is 5. The SMILES string of the molecule is CC(CNS(=O)(=O)c1ccc(N)nc1)N(C)C1CC1. The molecule has 1 aromatic rings. The topological polar surface area (TPSA) is 88.3 Å². The van der Waals surface area contributed by atoms with Gasteiger partial charge in [0.2, 0.25) is 10.0 Å². The fourth-order valence-corrected chi connectivity index (χ4v) is 2.92. The maximum atomic E-state index is 12.0. The molecule has 19 heavy (non-hydrogen) atoms. The summed E-state index contributed by atoms with van der Waals surface area (Å²) < 4.78 is 26.7. The number of nitrogens with two attached hydrogens (primary N) is 1. The maximum Gasteiger partial charge on any atom is 0.242 e. The monoisotopic (exact) mass is 284 g/mol. The second-order valence-corrected chi connectivity index (χ2v) is 6.78. The van der Waals surface area contributed by atoms with Crippen LogP contribution in [0.5, 0.6) is 0 Å². The number of pyridine rings is 1. The van der Waals surface area contributed by atoms with E-state index in [1.54, 1.807) is 0 Å². The van der Waals surface area contributed by atoms with Crippen LogP contribution in [0.15, 0.2) is 23.2 Å². The Morgan fingerprint density at radius 1 is 1.53 bits per heavy atom. The molecule has 1 saturated carbocycles. The van der Waals surface area contributed by atoms with Crippen LogP contribution in [-0.2, 0) is 10.0 Å². The second-order valence-electron chi connectivity index (χ2n) is 5.02. The number of anilines is 1. The van der Waals surface area contributed by atoms with Gasteiger partial charge in [-0.15, -0.1) is 0 Å². The first-order chi connectivity index (χ1) is 8.90. The van der Waals surface area contributed by atoms with Crippen molar-refractivity contribution in [2.24, 2.45) is 0 Å². The number of sulfonamides is 1. The van der Waals surface area contributed by atoms with Crippen molar-refractivity contribution in [1.29, 1.82) is 0 Å². The first-order valence-electron chi connectivity index (χ1n) is 6.33. The zero-order valence-electron chi connectivity index (χ0n) is 11.2. The molecule has 0 amide bonds. The Kier molecular flexibility index (Phi) is 4.07. The first-order valence-corrected chi connectivity index (χ1v) is 7.81. The van der Waals surface area contributed by atoms with Crippen molar-refractivity contribution < 1.29 is 8.42 Å². The minimum atomic E-state index is -3.51. The van der Waals surface area contributed by atoms with Gasteiger partial charge in [0.25, 0.3) is 0 Å². The molecule has 0 aromatic carbocycles. The van der Waals surface area contributed by atoms with E-state index in [1.165, 1.54) is 31.2 Å². The molecular formula is C12H20N4O2S. The molecule has 0 radical (unpaired) electrons. The van der Waals surface area contributed by atoms with Crippen LogP contribution in [-0.4, -0.2) is 44.0 Å². The van der Waals surface area contributed by atoms with Gasteiger partial charge < -0.3 is 5.73 Å². The minimum absolute atomic E-state index is 0.142. The fourth-order valence-electron chi connectivity index (χ4n) is 1.85. The summed E-state index contributed by atoms with van der Waals surface area (Å²) in [6.07, 6.45) is 3.68. The Morgan fingerprint density at radius 3 is 2.74 bits per heavy atom. The summed E-state index contributed by atoms with van der Waals surface area (Å²) in [5.74, 6) is 0.306. The predicted octanol–water partition coefficient (Wildman–Crippen LogP) is 0.425.